The number of anilines is 1. The monoisotopic (exact) mass is 476 g/mol. The number of nitrogens with zero attached hydrogens (tertiary/aromatic N) is 3. The lowest BCUT2D eigenvalue weighted by Crippen LogP contribution is -2.19. The average Bonchev–Trinajstić information content (AvgIpc) is 3.29. The molecule has 0 unspecified atom stereocenters. The van der Waals surface area contributed by atoms with E-state index in [1.165, 1.54) is 24.3 Å². The Morgan fingerprint density at radius 1 is 0.914 bits per heavy atom. The number of fused-ring (bicyclic) bond motifs is 1. The molecule has 5 nitrogen and oxygen atoms in total. The summed E-state index contributed by atoms with van der Waals surface area (Å²) in [5.74, 6) is -0.913. The fourth-order valence-corrected chi connectivity index (χ4v) is 3.83. The van der Waals surface area contributed by atoms with Crippen molar-refractivity contribution in [1.82, 2.24) is 14.4 Å². The highest BCUT2D eigenvalue weighted by Gasteiger charge is 2.35. The number of alkyl halides is 3. The van der Waals surface area contributed by atoms with Crippen molar-refractivity contribution in [2.75, 3.05) is 5.32 Å². The topological polar surface area (TPSA) is 59.3 Å². The third-order valence-corrected chi connectivity index (χ3v) is 5.45. The van der Waals surface area contributed by atoms with E-state index in [2.05, 4.69) is 15.3 Å². The van der Waals surface area contributed by atoms with Gasteiger partial charge in [-0.2, -0.15) is 13.2 Å². The van der Waals surface area contributed by atoms with Gasteiger partial charge in [0.15, 0.2) is 5.82 Å². The number of benzene rings is 2. The number of amides is 1. The molecule has 1 N–H and O–H groups in total. The fourth-order valence-electron chi connectivity index (χ4n) is 3.83. The summed E-state index contributed by atoms with van der Waals surface area (Å²) >= 11 is 0. The SMILES string of the molecule is O=C(Nc1ccc(F)cc1)c1cc(-c2cccn3c(-c4ccccn4)ncc23)ccc1C(F)(F)F. The second kappa shape index (κ2) is 8.68. The number of carbonyl (C=O) groups is 1. The van der Waals surface area contributed by atoms with Crippen molar-refractivity contribution in [3.63, 3.8) is 0 Å². The van der Waals surface area contributed by atoms with Crippen LogP contribution in [-0.2, 0) is 6.18 Å². The lowest BCUT2D eigenvalue weighted by molar-refractivity contribution is -0.137. The normalized spacial score (nSPS) is 11.5. The van der Waals surface area contributed by atoms with Crippen LogP contribution in [0.25, 0.3) is 28.2 Å². The lowest BCUT2D eigenvalue weighted by Gasteiger charge is -2.15. The van der Waals surface area contributed by atoms with Crippen molar-refractivity contribution < 1.29 is 22.4 Å². The first-order chi connectivity index (χ1) is 16.8. The molecule has 9 heteroatoms. The number of nitrogens with one attached hydrogen (secondary N) is 1. The van der Waals surface area contributed by atoms with Gasteiger partial charge < -0.3 is 5.32 Å². The van der Waals surface area contributed by atoms with E-state index in [4.69, 9.17) is 0 Å². The molecule has 35 heavy (non-hydrogen) atoms. The molecule has 2 aromatic carbocycles. The highest BCUT2D eigenvalue weighted by atomic mass is 19.4. The van der Waals surface area contributed by atoms with Crippen molar-refractivity contribution in [3.8, 4) is 22.6 Å². The highest BCUT2D eigenvalue weighted by molar-refractivity contribution is 6.06. The Bertz CT molecular complexity index is 1530. The molecule has 3 heterocycles. The second-order valence-electron chi connectivity index (χ2n) is 7.69. The molecule has 0 saturated carbocycles. The molecule has 0 saturated heterocycles. The molecule has 0 aliphatic rings. The van der Waals surface area contributed by atoms with Gasteiger partial charge in [0, 0.05) is 23.6 Å². The number of hydrogen-bond acceptors (Lipinski definition) is 3. The molecular formula is C26H16F4N4O. The maximum Gasteiger partial charge on any atom is 0.417 e. The molecule has 0 spiro atoms. The van der Waals surface area contributed by atoms with E-state index >= 15 is 0 Å². The first kappa shape index (κ1) is 22.3. The summed E-state index contributed by atoms with van der Waals surface area (Å²) < 4.78 is 56.1. The van der Waals surface area contributed by atoms with Crippen LogP contribution in [0.15, 0.2) is 91.4 Å². The van der Waals surface area contributed by atoms with E-state index in [-0.39, 0.29) is 5.69 Å². The summed E-state index contributed by atoms with van der Waals surface area (Å²) in [6, 6.07) is 17.1. The van der Waals surface area contributed by atoms with Crippen molar-refractivity contribution in [3.05, 3.63) is 108 Å². The number of halogens is 4. The smallest absolute Gasteiger partial charge is 0.322 e. The third kappa shape index (κ3) is 4.35. The maximum atomic E-state index is 13.7. The molecule has 1 amide bonds. The fraction of sp³-hybridized carbons (Fsp3) is 0.0385. The molecule has 0 atom stereocenters. The van der Waals surface area contributed by atoms with Gasteiger partial charge >= 0.3 is 6.18 Å². The lowest BCUT2D eigenvalue weighted by atomic mass is 9.98. The van der Waals surface area contributed by atoms with E-state index in [9.17, 15) is 22.4 Å². The van der Waals surface area contributed by atoms with Gasteiger partial charge in [0.25, 0.3) is 5.91 Å². The van der Waals surface area contributed by atoms with Crippen molar-refractivity contribution in [1.29, 1.82) is 0 Å². The molecule has 174 valence electrons. The third-order valence-electron chi connectivity index (χ3n) is 5.45. The minimum absolute atomic E-state index is 0.174. The molecule has 5 aromatic rings. The Labute approximate surface area is 196 Å². The largest absolute Gasteiger partial charge is 0.417 e. The number of pyridine rings is 2. The van der Waals surface area contributed by atoms with Gasteiger partial charge in [0.1, 0.15) is 11.5 Å². The Morgan fingerprint density at radius 3 is 2.43 bits per heavy atom. The van der Waals surface area contributed by atoms with Gasteiger partial charge in [-0.05, 0) is 60.2 Å². The number of imidazole rings is 1. The van der Waals surface area contributed by atoms with Crippen molar-refractivity contribution in [2.45, 2.75) is 6.18 Å². The van der Waals surface area contributed by atoms with Crippen LogP contribution < -0.4 is 5.32 Å². The van der Waals surface area contributed by atoms with Crippen LogP contribution in [0, 0.1) is 5.82 Å². The van der Waals surface area contributed by atoms with Gasteiger partial charge in [-0.1, -0.05) is 18.2 Å². The number of rotatable bonds is 4. The Hall–Kier alpha value is -4.53. The van der Waals surface area contributed by atoms with Gasteiger partial charge in [0.2, 0.25) is 0 Å². The first-order valence-electron chi connectivity index (χ1n) is 10.5. The second-order valence-corrected chi connectivity index (χ2v) is 7.69. The quantitative estimate of drug-likeness (QED) is 0.302. The molecule has 5 rings (SSSR count). The predicted octanol–water partition coefficient (Wildman–Crippen LogP) is 6.47. The van der Waals surface area contributed by atoms with E-state index in [1.807, 2.05) is 6.07 Å². The Morgan fingerprint density at radius 2 is 1.71 bits per heavy atom. The summed E-state index contributed by atoms with van der Waals surface area (Å²) in [5, 5.41) is 2.41. The van der Waals surface area contributed by atoms with Crippen LogP contribution in [0.3, 0.4) is 0 Å². The van der Waals surface area contributed by atoms with Crippen molar-refractivity contribution in [2.24, 2.45) is 0 Å². The predicted molar refractivity (Wildman–Crippen MR) is 123 cm³/mol. The Kier molecular flexibility index (Phi) is 5.52. The summed E-state index contributed by atoms with van der Waals surface area (Å²) in [7, 11) is 0. The van der Waals surface area contributed by atoms with E-state index in [0.29, 0.717) is 28.2 Å². The zero-order chi connectivity index (χ0) is 24.6. The van der Waals surface area contributed by atoms with Crippen LogP contribution in [0.4, 0.5) is 23.2 Å². The van der Waals surface area contributed by atoms with Gasteiger partial charge in [-0.15, -0.1) is 0 Å². The van der Waals surface area contributed by atoms with E-state index < -0.39 is 29.0 Å². The van der Waals surface area contributed by atoms with Crippen LogP contribution in [0.2, 0.25) is 0 Å². The summed E-state index contributed by atoms with van der Waals surface area (Å²) in [4.78, 5) is 21.6. The average molecular weight is 476 g/mol. The molecule has 0 aliphatic heterocycles. The minimum atomic E-state index is -4.75. The summed E-state index contributed by atoms with van der Waals surface area (Å²) in [6.45, 7) is 0. The molecule has 0 radical (unpaired) electrons. The van der Waals surface area contributed by atoms with E-state index in [0.717, 1.165) is 18.2 Å². The zero-order valence-electron chi connectivity index (χ0n) is 17.9. The van der Waals surface area contributed by atoms with E-state index in [1.54, 1.807) is 47.3 Å². The summed E-state index contributed by atoms with van der Waals surface area (Å²) in [6.07, 6.45) is 0.280. The number of carbonyl (C=O) groups excluding carboxylic acids is 1. The van der Waals surface area contributed by atoms with Gasteiger partial charge in [0.05, 0.1) is 22.8 Å². The maximum absolute atomic E-state index is 13.7. The first-order valence-corrected chi connectivity index (χ1v) is 10.5. The molecule has 3 aromatic heterocycles. The van der Waals surface area contributed by atoms with Crippen LogP contribution in [-0.4, -0.2) is 20.3 Å². The van der Waals surface area contributed by atoms with Crippen molar-refractivity contribution >= 4 is 17.1 Å². The van der Waals surface area contributed by atoms with Crippen LogP contribution in [0.5, 0.6) is 0 Å². The highest BCUT2D eigenvalue weighted by Crippen LogP contribution is 2.36. The molecule has 0 aliphatic carbocycles. The van der Waals surface area contributed by atoms with Gasteiger partial charge in [-0.25, -0.2) is 9.37 Å². The molecular weight excluding hydrogens is 460 g/mol. The van der Waals surface area contributed by atoms with Gasteiger partial charge in [-0.3, -0.25) is 14.2 Å². The number of hydrogen-bond donors (Lipinski definition) is 1. The van der Waals surface area contributed by atoms with Crippen LogP contribution >= 0.6 is 0 Å². The molecule has 0 bridgehead atoms. The number of aromatic nitrogens is 3. The standard InChI is InChI=1S/C26H16F4N4O/c27-17-7-9-18(10-8-17)33-25(35)20-14-16(6-11-21(20)26(28,29)30)19-4-3-13-34-23(19)15-32-24(34)22-5-1-2-12-31-22/h1-15H,(H,33,35). The minimum Gasteiger partial charge on any atom is -0.322 e. The molecule has 0 fully saturated rings. The Balaban J connectivity index is 1.60. The zero-order valence-corrected chi connectivity index (χ0v) is 17.9. The van der Waals surface area contributed by atoms with Crippen LogP contribution in [0.1, 0.15) is 15.9 Å². The summed E-state index contributed by atoms with van der Waals surface area (Å²) in [5.41, 5.74) is 0.815.